The van der Waals surface area contributed by atoms with E-state index in [9.17, 15) is 12.9 Å². The molecule has 0 spiro atoms. The minimum absolute atomic E-state index is 0.592. The van der Waals surface area contributed by atoms with Crippen LogP contribution >= 0.6 is 0 Å². The Hall–Kier alpha value is -1.72. The fourth-order valence-corrected chi connectivity index (χ4v) is 1.27. The van der Waals surface area contributed by atoms with Crippen molar-refractivity contribution in [1.82, 2.24) is 9.78 Å². The minimum atomic E-state index is -4.91. The lowest BCUT2D eigenvalue weighted by Gasteiger charge is -2.14. The van der Waals surface area contributed by atoms with Crippen LogP contribution in [0.3, 0.4) is 0 Å². The molecule has 0 amide bonds. The highest BCUT2D eigenvalue weighted by Crippen LogP contribution is 2.11. The molecule has 0 aliphatic carbocycles. The maximum absolute atomic E-state index is 12.3. The van der Waals surface area contributed by atoms with Gasteiger partial charge in [0.1, 0.15) is 0 Å². The summed E-state index contributed by atoms with van der Waals surface area (Å²) in [6.45, 7) is -4.91. The molecule has 78 valence electrons. The van der Waals surface area contributed by atoms with Crippen molar-refractivity contribution < 1.29 is 12.9 Å². The molecule has 0 atom stereocenters. The topological polar surface area (TPSA) is 17.8 Å². The molecule has 0 fully saturated rings. The minimum Gasteiger partial charge on any atom is -0.445 e. The van der Waals surface area contributed by atoms with Gasteiger partial charge in [-0.1, -0.05) is 12.1 Å². The molecule has 0 unspecified atom stereocenters. The van der Waals surface area contributed by atoms with Crippen molar-refractivity contribution in [3.05, 3.63) is 42.7 Å². The molecule has 0 radical (unpaired) electrons. The zero-order chi connectivity index (χ0) is 10.9. The Kier molecular flexibility index (Phi) is 2.26. The van der Waals surface area contributed by atoms with Gasteiger partial charge in [-0.2, -0.15) is 5.10 Å². The average Bonchev–Trinajstić information content (AvgIpc) is 2.69. The van der Waals surface area contributed by atoms with E-state index in [4.69, 9.17) is 0 Å². The summed E-state index contributed by atoms with van der Waals surface area (Å²) in [6.07, 6.45) is 3.25. The Labute approximate surface area is 84.4 Å². The van der Waals surface area contributed by atoms with E-state index in [0.717, 1.165) is 12.1 Å². The van der Waals surface area contributed by atoms with Crippen molar-refractivity contribution in [1.29, 1.82) is 0 Å². The van der Waals surface area contributed by atoms with Crippen LogP contribution in [0.4, 0.5) is 12.9 Å². The van der Waals surface area contributed by atoms with Crippen LogP contribution in [0.25, 0.3) is 5.69 Å². The molecule has 0 aliphatic heterocycles. The molecule has 1 aromatic carbocycles. The number of aromatic nitrogens is 2. The number of benzene rings is 1. The largest absolute Gasteiger partial charge is 0.509 e. The average molecular weight is 211 g/mol. The van der Waals surface area contributed by atoms with Crippen molar-refractivity contribution in [2.75, 3.05) is 0 Å². The lowest BCUT2D eigenvalue weighted by Crippen LogP contribution is -2.33. The Morgan fingerprint density at radius 2 is 1.73 bits per heavy atom. The van der Waals surface area contributed by atoms with Gasteiger partial charge in [-0.3, -0.25) is 0 Å². The maximum Gasteiger partial charge on any atom is 0.509 e. The third-order valence-corrected chi connectivity index (χ3v) is 2.04. The van der Waals surface area contributed by atoms with E-state index in [1.165, 1.54) is 16.8 Å². The smallest absolute Gasteiger partial charge is 0.445 e. The number of rotatable bonds is 2. The quantitative estimate of drug-likeness (QED) is 0.694. The molecule has 0 aliphatic rings. The third-order valence-electron chi connectivity index (χ3n) is 2.04. The number of nitrogens with zero attached hydrogens (tertiary/aromatic N) is 2. The molecular weight excluding hydrogens is 204 g/mol. The van der Waals surface area contributed by atoms with E-state index >= 15 is 0 Å². The van der Waals surface area contributed by atoms with Gasteiger partial charge in [0, 0.05) is 12.4 Å². The number of halogens is 3. The summed E-state index contributed by atoms with van der Waals surface area (Å²) in [7, 11) is 0. The van der Waals surface area contributed by atoms with E-state index in [1.807, 2.05) is 0 Å². The van der Waals surface area contributed by atoms with Gasteiger partial charge in [-0.25, -0.2) is 4.68 Å². The highest BCUT2D eigenvalue weighted by atomic mass is 19.4. The summed E-state index contributed by atoms with van der Waals surface area (Å²) in [6, 6.07) is 6.64. The predicted octanol–water partition coefficient (Wildman–Crippen LogP) is 1.93. The fourth-order valence-electron chi connectivity index (χ4n) is 1.27. The molecule has 1 aromatic heterocycles. The van der Waals surface area contributed by atoms with Crippen molar-refractivity contribution in [2.45, 2.75) is 0 Å². The molecule has 0 N–H and O–H groups in total. The Bertz CT molecular complexity index is 433. The highest BCUT2D eigenvalue weighted by Gasteiger charge is 2.24. The van der Waals surface area contributed by atoms with E-state index in [1.54, 1.807) is 18.5 Å². The molecule has 0 bridgehead atoms. The molecule has 2 aromatic rings. The first kappa shape index (κ1) is 9.83. The van der Waals surface area contributed by atoms with E-state index in [0.29, 0.717) is 5.69 Å². The summed E-state index contributed by atoms with van der Waals surface area (Å²) in [5, 5.41) is 3.92. The van der Waals surface area contributed by atoms with Gasteiger partial charge in [0.2, 0.25) is 0 Å². The van der Waals surface area contributed by atoms with Gasteiger partial charge in [0.15, 0.2) is 0 Å². The first-order valence-electron chi connectivity index (χ1n) is 4.37. The van der Waals surface area contributed by atoms with Crippen LogP contribution in [-0.4, -0.2) is 16.8 Å². The molecule has 1 heterocycles. The highest BCUT2D eigenvalue weighted by molar-refractivity contribution is 6.73. The molecule has 6 heteroatoms. The Balaban J connectivity index is 2.33. The number of hydrogen-bond donors (Lipinski definition) is 0. The molecular formula is C9H7BF3N2-. The lowest BCUT2D eigenvalue weighted by molar-refractivity contribution is 0.501. The summed E-state index contributed by atoms with van der Waals surface area (Å²) in [5.74, 6) is 0. The summed E-state index contributed by atoms with van der Waals surface area (Å²) < 4.78 is 38.4. The summed E-state index contributed by atoms with van der Waals surface area (Å²) >= 11 is 0. The first-order chi connectivity index (χ1) is 7.07. The molecule has 0 saturated carbocycles. The van der Waals surface area contributed by atoms with Crippen molar-refractivity contribution in [3.63, 3.8) is 0 Å². The Morgan fingerprint density at radius 1 is 1.07 bits per heavy atom. The lowest BCUT2D eigenvalue weighted by atomic mass is 9.80. The van der Waals surface area contributed by atoms with Gasteiger partial charge in [0.05, 0.1) is 5.69 Å². The van der Waals surface area contributed by atoms with Crippen LogP contribution in [0.1, 0.15) is 0 Å². The monoisotopic (exact) mass is 211 g/mol. The van der Waals surface area contributed by atoms with Gasteiger partial charge in [-0.05, 0) is 18.2 Å². The zero-order valence-electron chi connectivity index (χ0n) is 7.65. The van der Waals surface area contributed by atoms with Crippen LogP contribution in [0, 0.1) is 0 Å². The molecule has 0 saturated heterocycles. The molecule has 2 rings (SSSR count). The summed E-state index contributed by atoms with van der Waals surface area (Å²) in [4.78, 5) is 0. The van der Waals surface area contributed by atoms with Gasteiger partial charge in [0.25, 0.3) is 0 Å². The van der Waals surface area contributed by atoms with Crippen LogP contribution in [-0.2, 0) is 0 Å². The van der Waals surface area contributed by atoms with Crippen LogP contribution < -0.4 is 5.46 Å². The third kappa shape index (κ3) is 2.03. The Morgan fingerprint density at radius 3 is 2.20 bits per heavy atom. The maximum atomic E-state index is 12.3. The van der Waals surface area contributed by atoms with Crippen molar-refractivity contribution in [3.8, 4) is 5.69 Å². The standard InChI is InChI=1S/C9H7BF3N2/c11-10(12,13)8-2-4-9(5-3-8)15-7-1-6-14-15/h1-7H/q-1. The van der Waals surface area contributed by atoms with Crippen molar-refractivity contribution >= 4 is 12.4 Å². The summed E-state index contributed by atoms with van der Waals surface area (Å²) in [5.41, 5.74) is 0.0229. The SMILES string of the molecule is F[B-](F)(F)c1ccc(-n2cccn2)cc1. The van der Waals surface area contributed by atoms with E-state index in [-0.39, 0.29) is 0 Å². The van der Waals surface area contributed by atoms with Gasteiger partial charge in [-0.15, -0.1) is 5.46 Å². The second kappa shape index (κ2) is 3.45. The fraction of sp³-hybridized carbons (Fsp3) is 0. The second-order valence-corrected chi connectivity index (χ2v) is 3.12. The van der Waals surface area contributed by atoms with Crippen LogP contribution in [0.5, 0.6) is 0 Å². The van der Waals surface area contributed by atoms with E-state index in [2.05, 4.69) is 5.10 Å². The van der Waals surface area contributed by atoms with Crippen LogP contribution in [0.2, 0.25) is 0 Å². The number of hydrogen-bond acceptors (Lipinski definition) is 1. The van der Waals surface area contributed by atoms with Gasteiger partial charge < -0.3 is 12.9 Å². The normalized spacial score (nSPS) is 11.7. The molecule has 2 nitrogen and oxygen atoms in total. The first-order valence-corrected chi connectivity index (χ1v) is 4.37. The van der Waals surface area contributed by atoms with Crippen LogP contribution in [0.15, 0.2) is 42.7 Å². The zero-order valence-corrected chi connectivity index (χ0v) is 7.65. The molecule has 15 heavy (non-hydrogen) atoms. The second-order valence-electron chi connectivity index (χ2n) is 3.12. The predicted molar refractivity (Wildman–Crippen MR) is 52.3 cm³/mol. The van der Waals surface area contributed by atoms with E-state index < -0.39 is 12.4 Å². The van der Waals surface area contributed by atoms with Gasteiger partial charge >= 0.3 is 6.98 Å². The van der Waals surface area contributed by atoms with Crippen molar-refractivity contribution in [2.24, 2.45) is 0 Å².